The minimum absolute atomic E-state index is 0.0343. The van der Waals surface area contributed by atoms with Crippen molar-refractivity contribution < 1.29 is 19.2 Å². The second-order valence-corrected chi connectivity index (χ2v) is 7.24. The molecule has 32 heavy (non-hydrogen) atoms. The lowest BCUT2D eigenvalue weighted by molar-refractivity contribution is -0.384. The number of esters is 1. The van der Waals surface area contributed by atoms with Crippen LogP contribution < -0.4 is 5.73 Å². The highest BCUT2D eigenvalue weighted by molar-refractivity contribution is 5.97. The summed E-state index contributed by atoms with van der Waals surface area (Å²) in [5.74, 6) is -1.19. The van der Waals surface area contributed by atoms with Gasteiger partial charge in [-0.05, 0) is 24.1 Å². The lowest BCUT2D eigenvalue weighted by atomic mass is 10.1. The van der Waals surface area contributed by atoms with Crippen LogP contribution in [0.1, 0.15) is 28.4 Å². The average Bonchev–Trinajstić information content (AvgIpc) is 2.79. The van der Waals surface area contributed by atoms with Gasteiger partial charge in [-0.25, -0.2) is 4.79 Å². The number of hydrogen-bond acceptors (Lipinski definition) is 6. The van der Waals surface area contributed by atoms with Gasteiger partial charge in [0.25, 0.3) is 11.6 Å². The van der Waals surface area contributed by atoms with E-state index in [9.17, 15) is 19.7 Å². The molecule has 0 heterocycles. The largest absolute Gasteiger partial charge is 0.449 e. The number of rotatable bonds is 8. The van der Waals surface area contributed by atoms with Gasteiger partial charge in [0.15, 0.2) is 6.10 Å². The van der Waals surface area contributed by atoms with Crippen LogP contribution in [0, 0.1) is 10.1 Å². The zero-order valence-corrected chi connectivity index (χ0v) is 17.5. The fraction of sp³-hybridized carbons (Fsp3) is 0.167. The molecule has 3 aromatic rings. The Labute approximate surface area is 185 Å². The highest BCUT2D eigenvalue weighted by Crippen LogP contribution is 2.21. The predicted octanol–water partition coefficient (Wildman–Crippen LogP) is 3.95. The Balaban J connectivity index is 1.76. The number of hydrogen-bond donors (Lipinski definition) is 1. The van der Waals surface area contributed by atoms with Crippen LogP contribution in [-0.2, 0) is 22.6 Å². The molecule has 8 nitrogen and oxygen atoms in total. The highest BCUT2D eigenvalue weighted by Gasteiger charge is 2.26. The number of ether oxygens (including phenoxy) is 1. The second-order valence-electron chi connectivity index (χ2n) is 7.24. The summed E-state index contributed by atoms with van der Waals surface area (Å²) in [7, 11) is 0. The number of nitro groups is 1. The Bertz CT molecular complexity index is 1060. The zero-order valence-electron chi connectivity index (χ0n) is 17.5. The molecule has 0 saturated carbocycles. The molecule has 1 amide bonds. The van der Waals surface area contributed by atoms with Crippen molar-refractivity contribution in [3.63, 3.8) is 0 Å². The summed E-state index contributed by atoms with van der Waals surface area (Å²) in [5, 5.41) is 10.9. The van der Waals surface area contributed by atoms with Crippen molar-refractivity contribution in [1.82, 2.24) is 4.90 Å². The summed E-state index contributed by atoms with van der Waals surface area (Å²) in [6, 6.07) is 22.5. The van der Waals surface area contributed by atoms with E-state index in [-0.39, 0.29) is 22.8 Å². The third kappa shape index (κ3) is 5.69. The molecule has 1 atom stereocenters. The average molecular weight is 433 g/mol. The number of nitrogen functional groups attached to an aromatic ring is 1. The molecule has 0 bridgehead atoms. The summed E-state index contributed by atoms with van der Waals surface area (Å²) in [6.07, 6.45) is -1.08. The molecule has 3 aromatic carbocycles. The van der Waals surface area contributed by atoms with Gasteiger partial charge < -0.3 is 15.4 Å². The summed E-state index contributed by atoms with van der Waals surface area (Å²) in [4.78, 5) is 37.6. The fourth-order valence-corrected chi connectivity index (χ4v) is 3.20. The summed E-state index contributed by atoms with van der Waals surface area (Å²) in [6.45, 7) is 2.18. The van der Waals surface area contributed by atoms with Gasteiger partial charge in [0.1, 0.15) is 0 Å². The Hall–Kier alpha value is -4.20. The van der Waals surface area contributed by atoms with E-state index in [1.54, 1.807) is 4.90 Å². The van der Waals surface area contributed by atoms with E-state index in [2.05, 4.69) is 0 Å². The molecule has 1 unspecified atom stereocenters. The van der Waals surface area contributed by atoms with Gasteiger partial charge in [0.2, 0.25) is 0 Å². The Kier molecular flexibility index (Phi) is 7.17. The third-order valence-corrected chi connectivity index (χ3v) is 4.84. The molecule has 164 valence electrons. The van der Waals surface area contributed by atoms with E-state index in [4.69, 9.17) is 10.5 Å². The van der Waals surface area contributed by atoms with E-state index in [0.29, 0.717) is 13.1 Å². The van der Waals surface area contributed by atoms with Crippen molar-refractivity contribution >= 4 is 23.3 Å². The quantitative estimate of drug-likeness (QED) is 0.249. The summed E-state index contributed by atoms with van der Waals surface area (Å²) in [5.41, 5.74) is 7.30. The van der Waals surface area contributed by atoms with Crippen LogP contribution in [0.25, 0.3) is 0 Å². The van der Waals surface area contributed by atoms with Gasteiger partial charge in [-0.2, -0.15) is 0 Å². The van der Waals surface area contributed by atoms with Crippen molar-refractivity contribution in [2.75, 3.05) is 5.73 Å². The molecule has 0 spiro atoms. The van der Waals surface area contributed by atoms with Gasteiger partial charge >= 0.3 is 5.97 Å². The Morgan fingerprint density at radius 2 is 1.50 bits per heavy atom. The van der Waals surface area contributed by atoms with Crippen molar-refractivity contribution in [1.29, 1.82) is 0 Å². The minimum Gasteiger partial charge on any atom is -0.449 e. The third-order valence-electron chi connectivity index (χ3n) is 4.84. The van der Waals surface area contributed by atoms with Crippen molar-refractivity contribution in [3.8, 4) is 0 Å². The first-order valence-corrected chi connectivity index (χ1v) is 9.96. The van der Waals surface area contributed by atoms with Crippen molar-refractivity contribution in [2.24, 2.45) is 0 Å². The second kappa shape index (κ2) is 10.2. The lowest BCUT2D eigenvalue weighted by Crippen LogP contribution is -2.39. The highest BCUT2D eigenvalue weighted by atomic mass is 16.6. The van der Waals surface area contributed by atoms with Crippen molar-refractivity contribution in [2.45, 2.75) is 26.1 Å². The van der Waals surface area contributed by atoms with E-state index in [0.717, 1.165) is 23.3 Å². The van der Waals surface area contributed by atoms with Crippen molar-refractivity contribution in [3.05, 3.63) is 106 Å². The maximum atomic E-state index is 13.2. The number of carbonyl (C=O) groups excluding carboxylic acids is 2. The molecular weight excluding hydrogens is 410 g/mol. The predicted molar refractivity (Wildman–Crippen MR) is 120 cm³/mol. The normalized spacial score (nSPS) is 11.4. The van der Waals surface area contributed by atoms with Crippen LogP contribution in [0.4, 0.5) is 11.4 Å². The number of nitro benzene ring substituents is 1. The molecular formula is C24H23N3O5. The zero-order chi connectivity index (χ0) is 23.1. The molecule has 2 N–H and O–H groups in total. The van der Waals surface area contributed by atoms with Gasteiger partial charge in [-0.3, -0.25) is 14.9 Å². The van der Waals surface area contributed by atoms with Crippen LogP contribution in [-0.4, -0.2) is 27.8 Å². The van der Waals surface area contributed by atoms with Gasteiger partial charge in [0.05, 0.1) is 16.2 Å². The number of benzene rings is 3. The number of nitrogens with zero attached hydrogens (tertiary/aromatic N) is 2. The Morgan fingerprint density at radius 1 is 0.969 bits per heavy atom. The number of carbonyl (C=O) groups is 2. The minimum atomic E-state index is -1.08. The molecule has 0 fully saturated rings. The molecule has 0 aliphatic heterocycles. The topological polar surface area (TPSA) is 116 Å². The SMILES string of the molecule is CC(OC(=O)c1ccc([N+](=O)[O-])cc1N)C(=O)N(Cc1ccccc1)Cc1ccccc1. The molecule has 0 aromatic heterocycles. The molecule has 8 heteroatoms. The number of nitrogens with two attached hydrogens (primary N) is 1. The van der Waals surface area contributed by atoms with Gasteiger partial charge in [-0.15, -0.1) is 0 Å². The first kappa shape index (κ1) is 22.5. The summed E-state index contributed by atoms with van der Waals surface area (Å²) < 4.78 is 5.36. The van der Waals surface area contributed by atoms with E-state index in [1.807, 2.05) is 60.7 Å². The van der Waals surface area contributed by atoms with E-state index in [1.165, 1.54) is 13.0 Å². The number of amides is 1. The lowest BCUT2D eigenvalue weighted by Gasteiger charge is -2.26. The van der Waals surface area contributed by atoms with Crippen LogP contribution in [0.2, 0.25) is 0 Å². The fourth-order valence-electron chi connectivity index (χ4n) is 3.20. The molecule has 0 aliphatic carbocycles. The molecule has 0 radical (unpaired) electrons. The molecule has 0 aliphatic rings. The first-order chi connectivity index (χ1) is 15.3. The molecule has 3 rings (SSSR count). The van der Waals surface area contributed by atoms with Crippen LogP contribution in [0.5, 0.6) is 0 Å². The van der Waals surface area contributed by atoms with E-state index >= 15 is 0 Å². The smallest absolute Gasteiger partial charge is 0.341 e. The number of non-ortho nitro benzene ring substituents is 1. The Morgan fingerprint density at radius 3 is 1.97 bits per heavy atom. The standard InChI is InChI=1S/C24H23N3O5/c1-17(32-24(29)21-13-12-20(27(30)31)14-22(21)25)23(28)26(15-18-8-4-2-5-9-18)16-19-10-6-3-7-11-19/h2-14,17H,15-16,25H2,1H3. The molecule has 0 saturated heterocycles. The maximum Gasteiger partial charge on any atom is 0.341 e. The van der Waals surface area contributed by atoms with E-state index < -0.39 is 17.0 Å². The number of anilines is 1. The van der Waals surface area contributed by atoms with Gasteiger partial charge in [0, 0.05) is 25.2 Å². The summed E-state index contributed by atoms with van der Waals surface area (Å²) >= 11 is 0. The first-order valence-electron chi connectivity index (χ1n) is 9.96. The van der Waals surface area contributed by atoms with Crippen LogP contribution in [0.3, 0.4) is 0 Å². The van der Waals surface area contributed by atoms with Crippen LogP contribution >= 0.6 is 0 Å². The van der Waals surface area contributed by atoms with Gasteiger partial charge in [-0.1, -0.05) is 60.7 Å². The maximum absolute atomic E-state index is 13.2. The monoisotopic (exact) mass is 433 g/mol. The van der Waals surface area contributed by atoms with Crippen LogP contribution in [0.15, 0.2) is 78.9 Å².